The summed E-state index contributed by atoms with van der Waals surface area (Å²) in [6, 6.07) is -0.837. The van der Waals surface area contributed by atoms with E-state index >= 15 is 0 Å². The van der Waals surface area contributed by atoms with Crippen molar-refractivity contribution in [3.05, 3.63) is 0 Å². The van der Waals surface area contributed by atoms with Gasteiger partial charge in [-0.15, -0.1) is 0 Å². The minimum atomic E-state index is -4.64. The van der Waals surface area contributed by atoms with Crippen molar-refractivity contribution >= 4 is 17.9 Å². The van der Waals surface area contributed by atoms with Crippen molar-refractivity contribution in [1.29, 1.82) is 0 Å². The molecule has 7 nitrogen and oxygen atoms in total. The number of amides is 3. The molecule has 0 aliphatic carbocycles. The Hall–Kier alpha value is -1.84. The van der Waals surface area contributed by atoms with Crippen LogP contribution in [0.25, 0.3) is 0 Å². The first-order chi connectivity index (χ1) is 9.49. The molecule has 3 N–H and O–H groups in total. The van der Waals surface area contributed by atoms with Gasteiger partial charge in [0, 0.05) is 6.54 Å². The average Bonchev–Trinajstić information content (AvgIpc) is 2.22. The van der Waals surface area contributed by atoms with Crippen LogP contribution in [0.1, 0.15) is 13.8 Å². The summed E-state index contributed by atoms with van der Waals surface area (Å²) < 4.78 is 36.7. The lowest BCUT2D eigenvalue weighted by atomic mass is 10.2. The summed E-state index contributed by atoms with van der Waals surface area (Å²) >= 11 is 0. The van der Waals surface area contributed by atoms with Crippen molar-refractivity contribution in [2.45, 2.75) is 20.0 Å². The Morgan fingerprint density at radius 1 is 1.19 bits per heavy atom. The first-order valence-electron chi connectivity index (χ1n) is 6.08. The van der Waals surface area contributed by atoms with E-state index in [4.69, 9.17) is 5.11 Å². The highest BCUT2D eigenvalue weighted by atomic mass is 19.4. The third-order valence-corrected chi connectivity index (χ3v) is 2.05. The second-order valence-corrected chi connectivity index (χ2v) is 4.81. The SMILES string of the molecule is CC(C)CNC(=O)NC(=O)CN(CC(=O)O)CC(F)(F)F. The molecule has 122 valence electrons. The van der Waals surface area contributed by atoms with Crippen LogP contribution in [0.5, 0.6) is 0 Å². The van der Waals surface area contributed by atoms with Gasteiger partial charge in [0.25, 0.3) is 0 Å². The summed E-state index contributed by atoms with van der Waals surface area (Å²) in [4.78, 5) is 33.5. The largest absolute Gasteiger partial charge is 0.480 e. The molecule has 0 aliphatic rings. The van der Waals surface area contributed by atoms with Gasteiger partial charge in [0.05, 0.1) is 19.6 Å². The fourth-order valence-corrected chi connectivity index (χ4v) is 1.32. The normalized spacial score (nSPS) is 11.6. The van der Waals surface area contributed by atoms with Crippen molar-refractivity contribution in [2.75, 3.05) is 26.2 Å². The second kappa shape index (κ2) is 8.45. The number of alkyl halides is 3. The first kappa shape index (κ1) is 19.2. The Kier molecular flexibility index (Phi) is 7.71. The summed E-state index contributed by atoms with van der Waals surface area (Å²) in [5, 5.41) is 12.7. The highest BCUT2D eigenvalue weighted by Crippen LogP contribution is 2.16. The number of urea groups is 1. The molecule has 0 unspecified atom stereocenters. The number of carboxylic acids is 1. The highest BCUT2D eigenvalue weighted by Gasteiger charge is 2.32. The quantitative estimate of drug-likeness (QED) is 0.632. The summed E-state index contributed by atoms with van der Waals surface area (Å²) in [7, 11) is 0. The summed E-state index contributed by atoms with van der Waals surface area (Å²) in [6.45, 7) is 0.572. The van der Waals surface area contributed by atoms with Crippen LogP contribution in [0.2, 0.25) is 0 Å². The summed E-state index contributed by atoms with van der Waals surface area (Å²) in [5.41, 5.74) is 0. The Bertz CT molecular complexity index is 385. The van der Waals surface area contributed by atoms with Gasteiger partial charge in [-0.05, 0) is 5.92 Å². The van der Waals surface area contributed by atoms with Crippen LogP contribution in [0.3, 0.4) is 0 Å². The van der Waals surface area contributed by atoms with Crippen LogP contribution in [0, 0.1) is 5.92 Å². The molecule has 0 saturated heterocycles. The van der Waals surface area contributed by atoms with Crippen molar-refractivity contribution < 1.29 is 32.7 Å². The lowest BCUT2D eigenvalue weighted by Crippen LogP contribution is -2.48. The molecule has 0 aromatic rings. The summed E-state index contributed by atoms with van der Waals surface area (Å²) in [6.07, 6.45) is -4.64. The monoisotopic (exact) mass is 313 g/mol. The van der Waals surface area contributed by atoms with E-state index in [1.165, 1.54) is 0 Å². The third kappa shape index (κ3) is 11.7. The highest BCUT2D eigenvalue weighted by molar-refractivity contribution is 5.95. The minimum Gasteiger partial charge on any atom is -0.480 e. The number of carboxylic acid groups (broad SMARTS) is 1. The molecule has 0 aliphatic heterocycles. The van der Waals surface area contributed by atoms with Gasteiger partial charge in [-0.3, -0.25) is 19.8 Å². The van der Waals surface area contributed by atoms with Gasteiger partial charge in [-0.25, -0.2) is 4.79 Å². The molecule has 0 fully saturated rings. The molecule has 0 spiro atoms. The van der Waals surface area contributed by atoms with Gasteiger partial charge in [0.1, 0.15) is 0 Å². The van der Waals surface area contributed by atoms with Gasteiger partial charge >= 0.3 is 18.2 Å². The van der Waals surface area contributed by atoms with Crippen molar-refractivity contribution in [3.8, 4) is 0 Å². The number of carbonyl (C=O) groups excluding carboxylic acids is 2. The fraction of sp³-hybridized carbons (Fsp3) is 0.727. The van der Waals surface area contributed by atoms with Crippen LogP contribution >= 0.6 is 0 Å². The smallest absolute Gasteiger partial charge is 0.401 e. The van der Waals surface area contributed by atoms with Crippen LogP contribution in [0.4, 0.5) is 18.0 Å². The standard InChI is InChI=1S/C11H18F3N3O4/c1-7(2)3-15-10(21)16-8(18)4-17(5-9(19)20)6-11(12,13)14/h7H,3-6H2,1-2H3,(H,19,20)(H2,15,16,18,21). The van der Waals surface area contributed by atoms with E-state index in [0.717, 1.165) is 0 Å². The van der Waals surface area contributed by atoms with E-state index in [1.54, 1.807) is 0 Å². The topological polar surface area (TPSA) is 98.7 Å². The van der Waals surface area contributed by atoms with Crippen LogP contribution in [-0.2, 0) is 9.59 Å². The maximum absolute atomic E-state index is 12.2. The number of hydrogen-bond donors (Lipinski definition) is 3. The maximum Gasteiger partial charge on any atom is 0.401 e. The van der Waals surface area contributed by atoms with Crippen molar-refractivity contribution in [3.63, 3.8) is 0 Å². The Balaban J connectivity index is 4.39. The molecule has 0 aromatic carbocycles. The Morgan fingerprint density at radius 2 is 1.76 bits per heavy atom. The number of carbonyl (C=O) groups is 3. The fourth-order valence-electron chi connectivity index (χ4n) is 1.32. The van der Waals surface area contributed by atoms with Crippen LogP contribution in [-0.4, -0.2) is 60.3 Å². The molecular weight excluding hydrogens is 295 g/mol. The van der Waals surface area contributed by atoms with E-state index in [-0.39, 0.29) is 5.92 Å². The predicted octanol–water partition coefficient (Wildman–Crippen LogP) is 0.417. The number of aliphatic carboxylic acids is 1. The maximum atomic E-state index is 12.2. The molecule has 0 rings (SSSR count). The Morgan fingerprint density at radius 3 is 2.19 bits per heavy atom. The van der Waals surface area contributed by atoms with Crippen LogP contribution in [0.15, 0.2) is 0 Å². The van der Waals surface area contributed by atoms with Gasteiger partial charge in [0.2, 0.25) is 5.91 Å². The van der Waals surface area contributed by atoms with Crippen LogP contribution < -0.4 is 10.6 Å². The Labute approximate surface area is 119 Å². The van der Waals surface area contributed by atoms with E-state index in [1.807, 2.05) is 19.2 Å². The molecule has 0 aromatic heterocycles. The molecule has 0 radical (unpaired) electrons. The number of imide groups is 1. The molecule has 10 heteroatoms. The zero-order valence-electron chi connectivity index (χ0n) is 11.7. The first-order valence-corrected chi connectivity index (χ1v) is 6.08. The number of hydrogen-bond acceptors (Lipinski definition) is 4. The van der Waals surface area contributed by atoms with Crippen molar-refractivity contribution in [1.82, 2.24) is 15.5 Å². The average molecular weight is 313 g/mol. The molecule has 0 bridgehead atoms. The van der Waals surface area contributed by atoms with E-state index in [0.29, 0.717) is 11.4 Å². The molecule has 21 heavy (non-hydrogen) atoms. The van der Waals surface area contributed by atoms with E-state index in [2.05, 4.69) is 5.32 Å². The lowest BCUT2D eigenvalue weighted by molar-refractivity contribution is -0.155. The second-order valence-electron chi connectivity index (χ2n) is 4.81. The molecule has 0 atom stereocenters. The van der Waals surface area contributed by atoms with Gasteiger partial charge in [-0.1, -0.05) is 13.8 Å². The zero-order valence-corrected chi connectivity index (χ0v) is 11.7. The minimum absolute atomic E-state index is 0.139. The molecule has 0 saturated carbocycles. The summed E-state index contributed by atoms with van der Waals surface area (Å²) in [5.74, 6) is -2.38. The van der Waals surface area contributed by atoms with Crippen molar-refractivity contribution in [2.24, 2.45) is 5.92 Å². The van der Waals surface area contributed by atoms with Gasteiger partial charge in [0.15, 0.2) is 0 Å². The van der Waals surface area contributed by atoms with Gasteiger partial charge in [-0.2, -0.15) is 13.2 Å². The van der Waals surface area contributed by atoms with E-state index in [9.17, 15) is 27.6 Å². The van der Waals surface area contributed by atoms with E-state index < -0.39 is 43.7 Å². The molecule has 3 amide bonds. The predicted molar refractivity (Wildman–Crippen MR) is 66.5 cm³/mol. The van der Waals surface area contributed by atoms with Gasteiger partial charge < -0.3 is 10.4 Å². The number of nitrogens with one attached hydrogen (secondary N) is 2. The molecular formula is C11H18F3N3O4. The molecule has 0 heterocycles. The number of nitrogens with zero attached hydrogens (tertiary/aromatic N) is 1. The lowest BCUT2D eigenvalue weighted by Gasteiger charge is -2.20. The zero-order chi connectivity index (χ0) is 16.6. The third-order valence-electron chi connectivity index (χ3n) is 2.05. The number of rotatable bonds is 7. The number of halogens is 3.